The molecule has 0 radical (unpaired) electrons. The molecular weight excluding hydrogens is 488 g/mol. The highest BCUT2D eigenvalue weighted by molar-refractivity contribution is 5.91. The second-order valence-corrected chi connectivity index (χ2v) is 10.2. The number of aromatic nitrogens is 2. The van der Waals surface area contributed by atoms with Gasteiger partial charge in [0.05, 0.1) is 31.0 Å². The molecule has 0 saturated carbocycles. The summed E-state index contributed by atoms with van der Waals surface area (Å²) < 4.78 is 7.32. The summed E-state index contributed by atoms with van der Waals surface area (Å²) in [4.78, 5) is 36.1. The van der Waals surface area contributed by atoms with E-state index in [-0.39, 0.29) is 12.5 Å². The summed E-state index contributed by atoms with van der Waals surface area (Å²) in [5.74, 6) is -0.312. The number of methoxy groups -OCH3 is 1. The third-order valence-corrected chi connectivity index (χ3v) is 7.50. The number of rotatable bonds is 6. The Hall–Kier alpha value is -4.39. The minimum absolute atomic E-state index is 0.146. The van der Waals surface area contributed by atoms with Gasteiger partial charge in [-0.1, -0.05) is 60.7 Å². The van der Waals surface area contributed by atoms with Gasteiger partial charge in [-0.15, -0.1) is 0 Å². The van der Waals surface area contributed by atoms with Gasteiger partial charge in [0, 0.05) is 31.9 Å². The van der Waals surface area contributed by atoms with Crippen LogP contribution in [0.25, 0.3) is 5.69 Å². The van der Waals surface area contributed by atoms with Crippen molar-refractivity contribution in [1.29, 1.82) is 0 Å². The van der Waals surface area contributed by atoms with Crippen molar-refractivity contribution in [3.8, 4) is 5.69 Å². The highest BCUT2D eigenvalue weighted by Gasteiger charge is 2.41. The van der Waals surface area contributed by atoms with Gasteiger partial charge in [-0.25, -0.2) is 9.78 Å². The first-order valence-corrected chi connectivity index (χ1v) is 13.1. The Balaban J connectivity index is 1.57. The number of carbonyl (C=O) groups excluding carboxylic acids is 2. The van der Waals surface area contributed by atoms with Crippen molar-refractivity contribution < 1.29 is 14.3 Å². The minimum Gasteiger partial charge on any atom is -0.467 e. The van der Waals surface area contributed by atoms with Gasteiger partial charge in [0.15, 0.2) is 0 Å². The van der Waals surface area contributed by atoms with Gasteiger partial charge in [-0.05, 0) is 48.7 Å². The number of fused-ring (bicyclic) bond motifs is 1. The van der Waals surface area contributed by atoms with Crippen molar-refractivity contribution in [2.24, 2.45) is 0 Å². The topological polar surface area (TPSA) is 67.7 Å². The van der Waals surface area contributed by atoms with Crippen LogP contribution in [0.4, 0.5) is 5.69 Å². The SMILES string of the molecule is COC(=O)C1Cc2c(nc(C)n2-c2ccc(N(C)C)c(C)c2)CN1C(=O)C(c1ccccc1)c1ccccc1. The molecule has 1 aromatic heterocycles. The zero-order valence-corrected chi connectivity index (χ0v) is 23.1. The van der Waals surface area contributed by atoms with Gasteiger partial charge in [0.1, 0.15) is 11.9 Å². The Bertz CT molecular complexity index is 1460. The van der Waals surface area contributed by atoms with Crippen LogP contribution in [0.3, 0.4) is 0 Å². The molecule has 1 aliphatic heterocycles. The van der Waals surface area contributed by atoms with Crippen LogP contribution in [0.2, 0.25) is 0 Å². The number of ether oxygens (including phenoxy) is 1. The smallest absolute Gasteiger partial charge is 0.329 e. The highest BCUT2D eigenvalue weighted by Crippen LogP contribution is 2.34. The predicted molar refractivity (Wildman–Crippen MR) is 152 cm³/mol. The fourth-order valence-electron chi connectivity index (χ4n) is 5.67. The fraction of sp³-hybridized carbons (Fsp3) is 0.281. The lowest BCUT2D eigenvalue weighted by Gasteiger charge is -2.36. The van der Waals surface area contributed by atoms with Gasteiger partial charge in [0.2, 0.25) is 5.91 Å². The number of anilines is 1. The van der Waals surface area contributed by atoms with Gasteiger partial charge < -0.3 is 19.1 Å². The highest BCUT2D eigenvalue weighted by atomic mass is 16.5. The van der Waals surface area contributed by atoms with Crippen LogP contribution < -0.4 is 4.90 Å². The van der Waals surface area contributed by atoms with Crippen LogP contribution >= 0.6 is 0 Å². The van der Waals surface area contributed by atoms with Gasteiger partial charge in [-0.2, -0.15) is 0 Å². The normalized spacial score (nSPS) is 14.7. The molecule has 39 heavy (non-hydrogen) atoms. The number of amides is 1. The summed E-state index contributed by atoms with van der Waals surface area (Å²) >= 11 is 0. The van der Waals surface area contributed by atoms with Crippen LogP contribution in [0.1, 0.15) is 39.8 Å². The van der Waals surface area contributed by atoms with E-state index in [4.69, 9.17) is 9.72 Å². The predicted octanol–water partition coefficient (Wildman–Crippen LogP) is 4.81. The molecule has 200 valence electrons. The summed E-state index contributed by atoms with van der Waals surface area (Å²) in [5, 5.41) is 0. The average Bonchev–Trinajstić information content (AvgIpc) is 3.27. The Kier molecular flexibility index (Phi) is 7.24. The van der Waals surface area contributed by atoms with E-state index in [0.717, 1.165) is 45.3 Å². The van der Waals surface area contributed by atoms with E-state index in [1.54, 1.807) is 4.90 Å². The monoisotopic (exact) mass is 522 g/mol. The lowest BCUT2D eigenvalue weighted by Crippen LogP contribution is -2.51. The van der Waals surface area contributed by atoms with Crippen LogP contribution in [0.15, 0.2) is 78.9 Å². The van der Waals surface area contributed by atoms with E-state index in [0.29, 0.717) is 6.42 Å². The molecule has 3 aromatic carbocycles. The molecule has 1 atom stereocenters. The molecule has 1 amide bonds. The van der Waals surface area contributed by atoms with E-state index < -0.39 is 17.9 Å². The van der Waals surface area contributed by atoms with Crippen LogP contribution in [0, 0.1) is 13.8 Å². The van der Waals surface area contributed by atoms with Crippen molar-refractivity contribution in [2.45, 2.75) is 38.8 Å². The van der Waals surface area contributed by atoms with Gasteiger partial charge >= 0.3 is 5.97 Å². The van der Waals surface area contributed by atoms with Gasteiger partial charge in [0.25, 0.3) is 0 Å². The third-order valence-electron chi connectivity index (χ3n) is 7.50. The Morgan fingerprint density at radius 1 is 0.949 bits per heavy atom. The van der Waals surface area contributed by atoms with Crippen molar-refractivity contribution in [1.82, 2.24) is 14.5 Å². The number of hydrogen-bond donors (Lipinski definition) is 0. The second-order valence-electron chi connectivity index (χ2n) is 10.2. The molecule has 0 N–H and O–H groups in total. The zero-order valence-electron chi connectivity index (χ0n) is 23.1. The molecule has 0 bridgehead atoms. The van der Waals surface area contributed by atoms with E-state index in [9.17, 15) is 9.59 Å². The number of carbonyl (C=O) groups is 2. The van der Waals surface area contributed by atoms with Crippen molar-refractivity contribution in [3.05, 3.63) is 113 Å². The second kappa shape index (κ2) is 10.8. The molecule has 5 rings (SSSR count). The van der Waals surface area contributed by atoms with E-state index >= 15 is 0 Å². The first-order valence-electron chi connectivity index (χ1n) is 13.1. The number of aryl methyl sites for hydroxylation is 2. The summed E-state index contributed by atoms with van der Waals surface area (Å²) in [6, 6.07) is 24.9. The average molecular weight is 523 g/mol. The number of imidazole rings is 1. The molecule has 0 aliphatic carbocycles. The maximum absolute atomic E-state index is 14.3. The van der Waals surface area contributed by atoms with Crippen LogP contribution in [-0.2, 0) is 27.3 Å². The summed E-state index contributed by atoms with van der Waals surface area (Å²) in [7, 11) is 5.42. The van der Waals surface area contributed by atoms with E-state index in [1.165, 1.54) is 7.11 Å². The van der Waals surface area contributed by atoms with E-state index in [2.05, 4.69) is 34.6 Å². The zero-order chi connectivity index (χ0) is 27.7. The molecule has 4 aromatic rings. The molecule has 2 heterocycles. The minimum atomic E-state index is -0.762. The van der Waals surface area contributed by atoms with Crippen molar-refractivity contribution in [3.63, 3.8) is 0 Å². The number of hydrogen-bond acceptors (Lipinski definition) is 5. The van der Waals surface area contributed by atoms with Crippen LogP contribution in [0.5, 0.6) is 0 Å². The molecule has 0 fully saturated rings. The molecule has 1 unspecified atom stereocenters. The molecule has 7 heteroatoms. The third kappa shape index (κ3) is 4.92. The summed E-state index contributed by atoms with van der Waals surface area (Å²) in [6.07, 6.45) is 0.319. The Labute approximate surface area is 229 Å². The molecular formula is C32H34N4O3. The first-order chi connectivity index (χ1) is 18.8. The van der Waals surface area contributed by atoms with Crippen LogP contribution in [-0.4, -0.2) is 53.6 Å². The largest absolute Gasteiger partial charge is 0.467 e. The molecule has 0 saturated heterocycles. The van der Waals surface area contributed by atoms with Crippen molar-refractivity contribution >= 4 is 17.6 Å². The molecule has 1 aliphatic rings. The van der Waals surface area contributed by atoms with Gasteiger partial charge in [-0.3, -0.25) is 4.79 Å². The molecule has 0 spiro atoms. The number of nitrogens with zero attached hydrogens (tertiary/aromatic N) is 4. The van der Waals surface area contributed by atoms with E-state index in [1.807, 2.05) is 81.7 Å². The number of benzene rings is 3. The quantitative estimate of drug-likeness (QED) is 0.340. The molecule has 7 nitrogen and oxygen atoms in total. The lowest BCUT2D eigenvalue weighted by molar-refractivity contribution is -0.154. The summed E-state index contributed by atoms with van der Waals surface area (Å²) in [6.45, 7) is 4.28. The fourth-order valence-corrected chi connectivity index (χ4v) is 5.67. The summed E-state index contributed by atoms with van der Waals surface area (Å²) in [5.41, 5.74) is 6.75. The maximum atomic E-state index is 14.3. The first kappa shape index (κ1) is 26.2. The Morgan fingerprint density at radius 3 is 2.10 bits per heavy atom. The van der Waals surface area contributed by atoms with Crippen molar-refractivity contribution in [2.75, 3.05) is 26.1 Å². The standard InChI is InChI=1S/C32H34N4O3/c1-21-18-25(16-17-27(21)34(3)4)36-22(2)33-26-20-35(29(19-28(26)36)32(38)39-5)31(37)30(23-12-8-6-9-13-23)24-14-10-7-11-15-24/h6-18,29-30H,19-20H2,1-5H3. The number of esters is 1. The maximum Gasteiger partial charge on any atom is 0.329 e. The Morgan fingerprint density at radius 2 is 1.56 bits per heavy atom. The lowest BCUT2D eigenvalue weighted by atomic mass is 9.88.